The number of rotatable bonds is 9. The summed E-state index contributed by atoms with van der Waals surface area (Å²) in [6.07, 6.45) is 2.17. The third kappa shape index (κ3) is 7.04. The predicted octanol–water partition coefficient (Wildman–Crippen LogP) is 2.56. The first-order chi connectivity index (χ1) is 7.40. The van der Waals surface area contributed by atoms with Crippen molar-refractivity contribution in [2.75, 3.05) is 6.61 Å². The summed E-state index contributed by atoms with van der Waals surface area (Å²) in [5.41, 5.74) is 0. The molecule has 0 saturated carbocycles. The second-order valence-corrected chi connectivity index (χ2v) is 4.31. The number of hydrogen-bond acceptors (Lipinski definition) is 3. The molecule has 0 aromatic rings. The summed E-state index contributed by atoms with van der Waals surface area (Å²) >= 11 is 0. The topological polar surface area (TPSA) is 63.6 Å². The van der Waals surface area contributed by atoms with Gasteiger partial charge >= 0.3 is 14.2 Å². The molecule has 4 nitrogen and oxygen atoms in total. The molecule has 7 heteroatoms. The minimum absolute atomic E-state index is 0.265. The van der Waals surface area contributed by atoms with Crippen molar-refractivity contribution in [2.24, 2.45) is 0 Å². The number of ketones is 1. The standard InChI is InChI=1S/C9H17F2O4P/c1-2-3-4-5-6-9(10,11)8(12)7-15-16(13)14/h16H,2-7H2,1H3,(H,13,14). The lowest BCUT2D eigenvalue weighted by Gasteiger charge is -2.14. The number of Topliss-reactive ketones (excluding diaryl/α,β-unsaturated/α-hetero) is 1. The lowest BCUT2D eigenvalue weighted by molar-refractivity contribution is -0.146. The molecule has 0 spiro atoms. The number of hydrogen-bond donors (Lipinski definition) is 1. The molecule has 1 atom stereocenters. The zero-order valence-electron chi connectivity index (χ0n) is 9.17. The van der Waals surface area contributed by atoms with Crippen LogP contribution in [0.25, 0.3) is 0 Å². The number of carbonyl (C=O) groups is 1. The van der Waals surface area contributed by atoms with Crippen molar-refractivity contribution in [3.63, 3.8) is 0 Å². The minimum Gasteiger partial charge on any atom is -0.326 e. The van der Waals surface area contributed by atoms with E-state index < -0.39 is 33.0 Å². The molecule has 1 N–H and O–H groups in total. The second-order valence-electron chi connectivity index (χ2n) is 3.49. The molecular formula is C9H17F2O4P. The zero-order chi connectivity index (χ0) is 12.6. The summed E-state index contributed by atoms with van der Waals surface area (Å²) in [6.45, 7) is 0.950. The van der Waals surface area contributed by atoms with Crippen molar-refractivity contribution in [1.29, 1.82) is 0 Å². The zero-order valence-corrected chi connectivity index (χ0v) is 10.2. The molecule has 0 aromatic heterocycles. The lowest BCUT2D eigenvalue weighted by Crippen LogP contribution is -2.31. The van der Waals surface area contributed by atoms with Crippen LogP contribution in [0.3, 0.4) is 0 Å². The van der Waals surface area contributed by atoms with Crippen LogP contribution >= 0.6 is 8.25 Å². The number of halogens is 2. The number of unbranched alkanes of at least 4 members (excludes halogenated alkanes) is 3. The van der Waals surface area contributed by atoms with E-state index in [1.165, 1.54) is 0 Å². The Morgan fingerprint density at radius 3 is 2.50 bits per heavy atom. The van der Waals surface area contributed by atoms with Crippen LogP contribution in [0, 0.1) is 0 Å². The molecule has 0 saturated heterocycles. The molecular weight excluding hydrogens is 241 g/mol. The maximum atomic E-state index is 13.1. The van der Waals surface area contributed by atoms with Gasteiger partial charge in [-0.1, -0.05) is 26.2 Å². The van der Waals surface area contributed by atoms with Gasteiger partial charge in [0.15, 0.2) is 0 Å². The van der Waals surface area contributed by atoms with Crippen molar-refractivity contribution in [3.05, 3.63) is 0 Å². The van der Waals surface area contributed by atoms with Crippen LogP contribution in [0.2, 0.25) is 0 Å². The Kier molecular flexibility index (Phi) is 7.72. The maximum absolute atomic E-state index is 13.1. The highest BCUT2D eigenvalue weighted by molar-refractivity contribution is 7.32. The third-order valence-electron chi connectivity index (χ3n) is 2.08. The van der Waals surface area contributed by atoms with Crippen molar-refractivity contribution in [3.8, 4) is 0 Å². The summed E-state index contributed by atoms with van der Waals surface area (Å²) < 4.78 is 40.3. The van der Waals surface area contributed by atoms with Gasteiger partial charge in [0.05, 0.1) is 0 Å². The van der Waals surface area contributed by atoms with E-state index in [1.807, 2.05) is 6.92 Å². The van der Waals surface area contributed by atoms with E-state index in [0.29, 0.717) is 6.42 Å². The molecule has 0 amide bonds. The van der Waals surface area contributed by atoms with Crippen molar-refractivity contribution >= 4 is 14.0 Å². The van der Waals surface area contributed by atoms with Gasteiger partial charge in [-0.15, -0.1) is 0 Å². The summed E-state index contributed by atoms with van der Waals surface area (Å²) in [5.74, 6) is -4.89. The van der Waals surface area contributed by atoms with Crippen LogP contribution in [0.5, 0.6) is 0 Å². The number of carbonyl (C=O) groups excluding carboxylic acids is 1. The van der Waals surface area contributed by atoms with E-state index in [2.05, 4.69) is 4.52 Å². The van der Waals surface area contributed by atoms with Gasteiger partial charge in [0.2, 0.25) is 5.78 Å². The fourth-order valence-corrected chi connectivity index (χ4v) is 1.40. The highest BCUT2D eigenvalue weighted by atomic mass is 31.1. The Morgan fingerprint density at radius 2 is 2.00 bits per heavy atom. The van der Waals surface area contributed by atoms with Gasteiger partial charge in [0.25, 0.3) is 0 Å². The highest BCUT2D eigenvalue weighted by Crippen LogP contribution is 2.25. The van der Waals surface area contributed by atoms with Crippen LogP contribution in [-0.2, 0) is 13.9 Å². The minimum atomic E-state index is -3.45. The quantitative estimate of drug-likeness (QED) is 0.510. The van der Waals surface area contributed by atoms with E-state index >= 15 is 0 Å². The van der Waals surface area contributed by atoms with Crippen LogP contribution in [0.1, 0.15) is 39.0 Å². The molecule has 96 valence electrons. The first kappa shape index (κ1) is 15.7. The van der Waals surface area contributed by atoms with Crippen LogP contribution in [0.15, 0.2) is 0 Å². The van der Waals surface area contributed by atoms with Gasteiger partial charge < -0.3 is 9.42 Å². The van der Waals surface area contributed by atoms with E-state index in [9.17, 15) is 18.1 Å². The summed E-state index contributed by atoms with van der Waals surface area (Å²) in [4.78, 5) is 19.2. The molecule has 0 fully saturated rings. The Bertz CT molecular complexity index is 246. The van der Waals surface area contributed by atoms with E-state index in [1.54, 1.807) is 0 Å². The molecule has 16 heavy (non-hydrogen) atoms. The normalized spacial score (nSPS) is 13.8. The number of alkyl halides is 2. The monoisotopic (exact) mass is 258 g/mol. The smallest absolute Gasteiger partial charge is 0.317 e. The lowest BCUT2D eigenvalue weighted by atomic mass is 10.1. The average molecular weight is 258 g/mol. The summed E-state index contributed by atoms with van der Waals surface area (Å²) in [5, 5.41) is 0. The highest BCUT2D eigenvalue weighted by Gasteiger charge is 2.37. The second kappa shape index (κ2) is 7.87. The van der Waals surface area contributed by atoms with Gasteiger partial charge in [0, 0.05) is 6.42 Å². The van der Waals surface area contributed by atoms with Gasteiger partial charge in [-0.2, -0.15) is 8.78 Å². The van der Waals surface area contributed by atoms with Crippen LogP contribution in [0.4, 0.5) is 8.78 Å². The van der Waals surface area contributed by atoms with E-state index in [4.69, 9.17) is 4.89 Å². The van der Waals surface area contributed by atoms with Gasteiger partial charge in [-0.25, -0.2) is 0 Å². The molecule has 0 aliphatic heterocycles. The first-order valence-electron chi connectivity index (χ1n) is 5.17. The van der Waals surface area contributed by atoms with Gasteiger partial charge in [-0.3, -0.25) is 9.36 Å². The van der Waals surface area contributed by atoms with Crippen molar-refractivity contribution in [1.82, 2.24) is 0 Å². The van der Waals surface area contributed by atoms with Crippen LogP contribution in [-0.4, -0.2) is 23.2 Å². The Labute approximate surface area is 93.9 Å². The average Bonchev–Trinajstić information content (AvgIpc) is 2.20. The molecule has 0 bridgehead atoms. The largest absolute Gasteiger partial charge is 0.326 e. The molecule has 1 unspecified atom stereocenters. The molecule has 0 aromatic carbocycles. The molecule has 0 aliphatic carbocycles. The van der Waals surface area contributed by atoms with E-state index in [-0.39, 0.29) is 6.42 Å². The SMILES string of the molecule is CCCCCCC(F)(F)C(=O)CO[PH](=O)O. The summed E-state index contributed by atoms with van der Waals surface area (Å²) in [6, 6.07) is 0. The Hall–Kier alpha value is -0.320. The Balaban J connectivity index is 3.90. The van der Waals surface area contributed by atoms with E-state index in [0.717, 1.165) is 12.8 Å². The van der Waals surface area contributed by atoms with Crippen molar-refractivity contribution in [2.45, 2.75) is 45.0 Å². The third-order valence-corrected chi connectivity index (χ3v) is 2.47. The fourth-order valence-electron chi connectivity index (χ4n) is 1.15. The molecule has 0 aliphatic rings. The maximum Gasteiger partial charge on any atom is 0.317 e. The van der Waals surface area contributed by atoms with Crippen molar-refractivity contribution < 1.29 is 27.6 Å². The molecule has 0 heterocycles. The van der Waals surface area contributed by atoms with Gasteiger partial charge in [0.1, 0.15) is 6.61 Å². The first-order valence-corrected chi connectivity index (χ1v) is 6.43. The molecule has 0 rings (SSSR count). The predicted molar refractivity (Wildman–Crippen MR) is 55.9 cm³/mol. The Morgan fingerprint density at radius 1 is 1.38 bits per heavy atom. The molecule has 0 radical (unpaired) electrons. The fraction of sp³-hybridized carbons (Fsp3) is 0.889. The summed E-state index contributed by atoms with van der Waals surface area (Å²) in [7, 11) is -3.32. The van der Waals surface area contributed by atoms with Gasteiger partial charge in [-0.05, 0) is 6.42 Å². The van der Waals surface area contributed by atoms with Crippen LogP contribution < -0.4 is 0 Å².